The molecule has 1 aromatic heterocycles. The number of nitrogens with one attached hydrogen (secondary N) is 3. The average Bonchev–Trinajstić information content (AvgIpc) is 2.74. The number of ether oxygens (including phenoxy) is 1. The summed E-state index contributed by atoms with van der Waals surface area (Å²) in [5.74, 6) is 0.169. The molecule has 0 radical (unpaired) electrons. The average molecular weight is 408 g/mol. The maximum Gasteiger partial charge on any atom is 0.355 e. The predicted molar refractivity (Wildman–Crippen MR) is 111 cm³/mol. The second kappa shape index (κ2) is 9.82. The highest BCUT2D eigenvalue weighted by atomic mass is 16.6. The summed E-state index contributed by atoms with van der Waals surface area (Å²) < 4.78 is 5.38. The molecule has 3 N–H and O–H groups in total. The van der Waals surface area contributed by atoms with Crippen LogP contribution in [0.2, 0.25) is 0 Å². The maximum atomic E-state index is 12.1. The number of carbonyl (C=O) groups is 1. The summed E-state index contributed by atoms with van der Waals surface area (Å²) in [7, 11) is 0. The summed E-state index contributed by atoms with van der Waals surface area (Å²) in [5, 5.41) is 14.5. The molecule has 0 atom stereocenters. The second-order valence-corrected chi connectivity index (χ2v) is 6.09. The standard InChI is InChI=1S/C20H20N6O4/c1-2-30-16-10-8-15(9-11-16)23-19-18(26(28)29)20(22-13-21-19)25-24-17(27)12-14-6-4-3-5-7-14/h3-11,13H,2,12H2,1H3,(H,24,27)(H2,21,22,23,25). The molecule has 10 heteroatoms. The van der Waals surface area contributed by atoms with Crippen LogP contribution < -0.4 is 20.9 Å². The third-order valence-electron chi connectivity index (χ3n) is 3.96. The van der Waals surface area contributed by atoms with Crippen LogP contribution in [0.3, 0.4) is 0 Å². The van der Waals surface area contributed by atoms with Crippen LogP contribution >= 0.6 is 0 Å². The van der Waals surface area contributed by atoms with Gasteiger partial charge in [-0.1, -0.05) is 30.3 Å². The van der Waals surface area contributed by atoms with E-state index in [1.165, 1.54) is 0 Å². The van der Waals surface area contributed by atoms with Gasteiger partial charge in [-0.15, -0.1) is 0 Å². The highest BCUT2D eigenvalue weighted by molar-refractivity contribution is 5.81. The summed E-state index contributed by atoms with van der Waals surface area (Å²) in [6.07, 6.45) is 1.28. The van der Waals surface area contributed by atoms with Crippen molar-refractivity contribution in [1.82, 2.24) is 15.4 Å². The Hall–Kier alpha value is -4.21. The Morgan fingerprint density at radius 1 is 1.07 bits per heavy atom. The minimum absolute atomic E-state index is 0.0148. The fourth-order valence-electron chi connectivity index (χ4n) is 2.63. The van der Waals surface area contributed by atoms with Crippen molar-refractivity contribution in [3.8, 4) is 5.75 Å². The minimum Gasteiger partial charge on any atom is -0.494 e. The van der Waals surface area contributed by atoms with Crippen LogP contribution in [0.4, 0.5) is 23.0 Å². The number of amides is 1. The van der Waals surface area contributed by atoms with Crippen LogP contribution in [-0.4, -0.2) is 27.4 Å². The van der Waals surface area contributed by atoms with E-state index in [9.17, 15) is 14.9 Å². The molecule has 0 unspecified atom stereocenters. The summed E-state index contributed by atoms with van der Waals surface area (Å²) in [6.45, 7) is 2.42. The Kier molecular flexibility index (Phi) is 6.72. The Morgan fingerprint density at radius 2 is 1.77 bits per heavy atom. The maximum absolute atomic E-state index is 12.1. The molecular weight excluding hydrogens is 388 g/mol. The van der Waals surface area contributed by atoms with E-state index in [2.05, 4.69) is 26.1 Å². The molecule has 1 amide bonds. The van der Waals surface area contributed by atoms with E-state index in [0.717, 1.165) is 11.9 Å². The number of anilines is 3. The van der Waals surface area contributed by atoms with Crippen LogP contribution in [0.25, 0.3) is 0 Å². The van der Waals surface area contributed by atoms with E-state index < -0.39 is 10.6 Å². The van der Waals surface area contributed by atoms with Gasteiger partial charge in [-0.3, -0.25) is 25.8 Å². The lowest BCUT2D eigenvalue weighted by Gasteiger charge is -2.11. The quantitative estimate of drug-likeness (QED) is 0.363. The molecule has 1 heterocycles. The summed E-state index contributed by atoms with van der Waals surface area (Å²) >= 11 is 0. The molecule has 0 aliphatic carbocycles. The lowest BCUT2D eigenvalue weighted by atomic mass is 10.1. The van der Waals surface area contributed by atoms with E-state index in [1.54, 1.807) is 24.3 Å². The van der Waals surface area contributed by atoms with Gasteiger partial charge in [-0.05, 0) is 36.8 Å². The fourth-order valence-corrected chi connectivity index (χ4v) is 2.63. The molecule has 0 fully saturated rings. The summed E-state index contributed by atoms with van der Waals surface area (Å²) in [6, 6.07) is 16.0. The van der Waals surface area contributed by atoms with Crippen molar-refractivity contribution in [3.63, 3.8) is 0 Å². The number of nitro groups is 1. The number of carbonyl (C=O) groups excluding carboxylic acids is 1. The molecular formula is C20H20N6O4. The molecule has 30 heavy (non-hydrogen) atoms. The van der Waals surface area contributed by atoms with Gasteiger partial charge in [0.25, 0.3) is 0 Å². The van der Waals surface area contributed by atoms with Gasteiger partial charge in [0.2, 0.25) is 17.5 Å². The number of hydrogen-bond donors (Lipinski definition) is 3. The van der Waals surface area contributed by atoms with Crippen molar-refractivity contribution in [2.75, 3.05) is 17.3 Å². The monoisotopic (exact) mass is 408 g/mol. The van der Waals surface area contributed by atoms with Crippen molar-refractivity contribution in [3.05, 3.63) is 76.6 Å². The van der Waals surface area contributed by atoms with Gasteiger partial charge in [-0.25, -0.2) is 9.97 Å². The first-order valence-corrected chi connectivity index (χ1v) is 9.15. The fraction of sp³-hybridized carbons (Fsp3) is 0.150. The molecule has 3 rings (SSSR count). The van der Waals surface area contributed by atoms with Gasteiger partial charge in [0.15, 0.2) is 0 Å². The number of benzene rings is 2. The first-order chi connectivity index (χ1) is 14.6. The highest BCUT2D eigenvalue weighted by Crippen LogP contribution is 2.31. The number of hydrazine groups is 1. The highest BCUT2D eigenvalue weighted by Gasteiger charge is 2.23. The molecule has 10 nitrogen and oxygen atoms in total. The smallest absolute Gasteiger partial charge is 0.355 e. The number of aromatic nitrogens is 2. The minimum atomic E-state index is -0.622. The zero-order chi connectivity index (χ0) is 21.3. The normalized spacial score (nSPS) is 10.2. The van der Waals surface area contributed by atoms with Crippen LogP contribution in [0.15, 0.2) is 60.9 Å². The molecule has 2 aromatic carbocycles. The van der Waals surface area contributed by atoms with Gasteiger partial charge < -0.3 is 10.1 Å². The molecule has 0 saturated heterocycles. The van der Waals surface area contributed by atoms with Gasteiger partial charge in [0, 0.05) is 5.69 Å². The molecule has 0 spiro atoms. The Bertz CT molecular complexity index is 1010. The molecule has 154 valence electrons. The number of hydrogen-bond acceptors (Lipinski definition) is 8. The van der Waals surface area contributed by atoms with Gasteiger partial charge in [0.1, 0.15) is 12.1 Å². The van der Waals surface area contributed by atoms with Crippen LogP contribution in [0.1, 0.15) is 12.5 Å². The SMILES string of the molecule is CCOc1ccc(Nc2ncnc(NNC(=O)Cc3ccccc3)c2[N+](=O)[O-])cc1. The Labute approximate surface area is 172 Å². The first-order valence-electron chi connectivity index (χ1n) is 9.15. The van der Waals surface area contributed by atoms with Crippen LogP contribution in [0, 0.1) is 10.1 Å². The van der Waals surface area contributed by atoms with E-state index in [4.69, 9.17) is 4.74 Å². The van der Waals surface area contributed by atoms with Crippen molar-refractivity contribution in [2.45, 2.75) is 13.3 Å². The van der Waals surface area contributed by atoms with E-state index in [1.807, 2.05) is 37.3 Å². The zero-order valence-corrected chi connectivity index (χ0v) is 16.2. The molecule has 0 bridgehead atoms. The van der Waals surface area contributed by atoms with Gasteiger partial charge in [0.05, 0.1) is 18.0 Å². The molecule has 3 aromatic rings. The molecule has 0 saturated carbocycles. The lowest BCUT2D eigenvalue weighted by Crippen LogP contribution is -2.31. The molecule has 0 aliphatic rings. The summed E-state index contributed by atoms with van der Waals surface area (Å²) in [5.41, 5.74) is 5.94. The Balaban J connectivity index is 1.72. The van der Waals surface area contributed by atoms with Crippen LogP contribution in [-0.2, 0) is 11.2 Å². The Morgan fingerprint density at radius 3 is 2.43 bits per heavy atom. The third kappa shape index (κ3) is 5.41. The third-order valence-corrected chi connectivity index (χ3v) is 3.96. The van der Waals surface area contributed by atoms with Crippen molar-refractivity contribution >= 4 is 28.9 Å². The van der Waals surface area contributed by atoms with Crippen molar-refractivity contribution < 1.29 is 14.5 Å². The molecule has 0 aliphatic heterocycles. The second-order valence-electron chi connectivity index (χ2n) is 6.09. The van der Waals surface area contributed by atoms with Gasteiger partial charge >= 0.3 is 5.69 Å². The zero-order valence-electron chi connectivity index (χ0n) is 16.2. The van der Waals surface area contributed by atoms with E-state index >= 15 is 0 Å². The van der Waals surface area contributed by atoms with Gasteiger partial charge in [-0.2, -0.15) is 0 Å². The largest absolute Gasteiger partial charge is 0.494 e. The number of rotatable bonds is 9. The van der Waals surface area contributed by atoms with Crippen LogP contribution in [0.5, 0.6) is 5.75 Å². The predicted octanol–water partition coefficient (Wildman–Crippen LogP) is 3.21. The van der Waals surface area contributed by atoms with E-state index in [0.29, 0.717) is 18.0 Å². The lowest BCUT2D eigenvalue weighted by molar-refractivity contribution is -0.383. The van der Waals surface area contributed by atoms with Crippen molar-refractivity contribution in [2.24, 2.45) is 0 Å². The number of nitrogens with zero attached hydrogens (tertiary/aromatic N) is 3. The topological polar surface area (TPSA) is 131 Å². The first kappa shape index (κ1) is 20.5. The van der Waals surface area contributed by atoms with E-state index in [-0.39, 0.29) is 24.0 Å². The van der Waals surface area contributed by atoms with Crippen molar-refractivity contribution in [1.29, 1.82) is 0 Å². The summed E-state index contributed by atoms with van der Waals surface area (Å²) in [4.78, 5) is 31.0.